The van der Waals surface area contributed by atoms with Gasteiger partial charge in [-0.1, -0.05) is 12.1 Å². The van der Waals surface area contributed by atoms with Crippen molar-refractivity contribution in [2.24, 2.45) is 0 Å². The van der Waals surface area contributed by atoms with Gasteiger partial charge in [0.1, 0.15) is 17.9 Å². The first kappa shape index (κ1) is 25.6. The Hall–Kier alpha value is -4.05. The number of aliphatic hydroxyl groups excluding tert-OH is 1. The molecule has 1 aromatic heterocycles. The number of nitrogens with zero attached hydrogens (tertiary/aromatic N) is 1. The lowest BCUT2D eigenvalue weighted by Gasteiger charge is -2.14. The average molecular weight is 484 g/mol. The Balaban J connectivity index is 1.56. The highest BCUT2D eigenvalue weighted by molar-refractivity contribution is 6.06. The quantitative estimate of drug-likeness (QED) is 0.285. The molecule has 0 fully saturated rings. The van der Waals surface area contributed by atoms with Gasteiger partial charge in [-0.2, -0.15) is 0 Å². The third-order valence-corrected chi connectivity index (χ3v) is 5.30. The topological polar surface area (TPSA) is 153 Å². The Morgan fingerprint density at radius 1 is 1.06 bits per heavy atom. The number of carbonyl (C=O) groups is 2. The fourth-order valence-corrected chi connectivity index (χ4v) is 3.71. The number of para-hydroxylation sites is 1. The Morgan fingerprint density at radius 2 is 1.77 bits per heavy atom. The summed E-state index contributed by atoms with van der Waals surface area (Å²) in [7, 11) is 1.45. The van der Waals surface area contributed by atoms with Gasteiger partial charge >= 0.3 is 5.97 Å². The van der Waals surface area contributed by atoms with Crippen molar-refractivity contribution in [3.05, 3.63) is 53.2 Å². The molecule has 0 saturated heterocycles. The van der Waals surface area contributed by atoms with Gasteiger partial charge in [-0.3, -0.25) is 9.78 Å². The smallest absolute Gasteiger partial charge is 0.339 e. The molecule has 3 rings (SSSR count). The minimum Gasteiger partial charge on any atom is -0.493 e. The molecule has 0 saturated carbocycles. The number of rotatable bonds is 12. The molecule has 186 valence electrons. The maximum absolute atomic E-state index is 12.6. The van der Waals surface area contributed by atoms with Crippen molar-refractivity contribution < 1.29 is 34.0 Å². The molecule has 0 radical (unpaired) electrons. The minimum atomic E-state index is -1.14. The van der Waals surface area contributed by atoms with Crippen LogP contribution in [0.2, 0.25) is 0 Å². The number of aromatic nitrogens is 1. The number of hydrogen-bond acceptors (Lipinski definition) is 8. The van der Waals surface area contributed by atoms with E-state index in [1.807, 2.05) is 0 Å². The van der Waals surface area contributed by atoms with Gasteiger partial charge in [0.25, 0.3) is 5.91 Å². The van der Waals surface area contributed by atoms with E-state index in [1.165, 1.54) is 7.11 Å². The molecule has 0 atom stereocenters. The summed E-state index contributed by atoms with van der Waals surface area (Å²) in [5.74, 6) is -0.292. The van der Waals surface area contributed by atoms with Crippen LogP contribution < -0.4 is 25.3 Å². The third-order valence-electron chi connectivity index (χ3n) is 5.30. The fraction of sp³-hybridized carbons (Fsp3) is 0.320. The predicted octanol–water partition coefficient (Wildman–Crippen LogP) is 2.79. The first-order chi connectivity index (χ1) is 16.9. The molecular formula is C25H29N3O7. The second kappa shape index (κ2) is 11.9. The highest BCUT2D eigenvalue weighted by atomic mass is 16.5. The number of ether oxygens (including phenoxy) is 3. The van der Waals surface area contributed by atoms with Crippen LogP contribution in [0.3, 0.4) is 0 Å². The molecule has 35 heavy (non-hydrogen) atoms. The van der Waals surface area contributed by atoms with Gasteiger partial charge < -0.3 is 35.5 Å². The van der Waals surface area contributed by atoms with E-state index in [4.69, 9.17) is 25.1 Å². The van der Waals surface area contributed by atoms with E-state index in [1.54, 1.807) is 43.3 Å². The molecule has 0 bridgehead atoms. The summed E-state index contributed by atoms with van der Waals surface area (Å²) >= 11 is 0. The number of aliphatic hydroxyl groups is 1. The number of methoxy groups -OCH3 is 1. The number of carboxylic acids is 1. The molecule has 0 spiro atoms. The van der Waals surface area contributed by atoms with Crippen LogP contribution in [0, 0.1) is 6.92 Å². The number of carbonyl (C=O) groups excluding carboxylic acids is 1. The molecule has 1 amide bonds. The molecule has 0 unspecified atom stereocenters. The van der Waals surface area contributed by atoms with Crippen LogP contribution in [-0.4, -0.2) is 60.5 Å². The minimum absolute atomic E-state index is 0.0301. The number of benzene rings is 2. The molecule has 3 aromatic rings. The number of nitrogens with two attached hydrogens (primary N) is 1. The number of nitrogen functional groups attached to an aromatic ring is 1. The van der Waals surface area contributed by atoms with Crippen LogP contribution in [0.1, 0.15) is 39.3 Å². The summed E-state index contributed by atoms with van der Waals surface area (Å²) in [6, 6.07) is 10.2. The van der Waals surface area contributed by atoms with Gasteiger partial charge in [-0.15, -0.1) is 0 Å². The van der Waals surface area contributed by atoms with E-state index in [0.29, 0.717) is 65.4 Å². The van der Waals surface area contributed by atoms with E-state index in [-0.39, 0.29) is 30.4 Å². The number of amides is 1. The highest BCUT2D eigenvalue weighted by Crippen LogP contribution is 2.33. The normalized spacial score (nSPS) is 10.7. The van der Waals surface area contributed by atoms with Crippen molar-refractivity contribution in [3.63, 3.8) is 0 Å². The van der Waals surface area contributed by atoms with Crippen molar-refractivity contribution >= 4 is 28.5 Å². The number of aromatic carboxylic acids is 1. The molecule has 10 nitrogen and oxygen atoms in total. The summed E-state index contributed by atoms with van der Waals surface area (Å²) in [4.78, 5) is 28.5. The molecule has 10 heteroatoms. The lowest BCUT2D eigenvalue weighted by atomic mass is 10.1. The maximum Gasteiger partial charge on any atom is 0.339 e. The predicted molar refractivity (Wildman–Crippen MR) is 130 cm³/mol. The highest BCUT2D eigenvalue weighted by Gasteiger charge is 2.19. The van der Waals surface area contributed by atoms with Crippen LogP contribution >= 0.6 is 0 Å². The summed E-state index contributed by atoms with van der Waals surface area (Å²) in [5.41, 5.74) is 7.48. The lowest BCUT2D eigenvalue weighted by molar-refractivity contribution is 0.0696. The van der Waals surface area contributed by atoms with Gasteiger partial charge in [0.2, 0.25) is 0 Å². The van der Waals surface area contributed by atoms with Crippen molar-refractivity contribution in [3.8, 4) is 17.2 Å². The number of pyridine rings is 1. The van der Waals surface area contributed by atoms with Crippen LogP contribution in [0.15, 0.2) is 36.4 Å². The van der Waals surface area contributed by atoms with E-state index < -0.39 is 5.97 Å². The number of fused-ring (bicyclic) bond motifs is 1. The van der Waals surface area contributed by atoms with Crippen LogP contribution in [-0.2, 0) is 0 Å². The van der Waals surface area contributed by atoms with Crippen molar-refractivity contribution in [2.75, 3.05) is 39.2 Å². The first-order valence-corrected chi connectivity index (χ1v) is 11.1. The molecule has 2 aromatic carbocycles. The van der Waals surface area contributed by atoms with E-state index in [0.717, 1.165) is 0 Å². The van der Waals surface area contributed by atoms with E-state index in [9.17, 15) is 14.7 Å². The Kier molecular flexibility index (Phi) is 8.69. The summed E-state index contributed by atoms with van der Waals surface area (Å²) in [6.07, 6.45) is 1.28. The summed E-state index contributed by atoms with van der Waals surface area (Å²) in [5, 5.41) is 21.7. The Morgan fingerprint density at radius 3 is 2.49 bits per heavy atom. The zero-order chi connectivity index (χ0) is 25.4. The average Bonchev–Trinajstić information content (AvgIpc) is 2.83. The van der Waals surface area contributed by atoms with Gasteiger partial charge in [-0.25, -0.2) is 4.79 Å². The van der Waals surface area contributed by atoms with Gasteiger partial charge in [-0.05, 0) is 44.0 Å². The monoisotopic (exact) mass is 483 g/mol. The van der Waals surface area contributed by atoms with Gasteiger partial charge in [0.05, 0.1) is 48.2 Å². The molecule has 5 N–H and O–H groups in total. The Labute approximate surface area is 202 Å². The molecule has 0 aliphatic rings. The largest absolute Gasteiger partial charge is 0.493 e. The molecule has 0 aliphatic carbocycles. The molecule has 1 heterocycles. The third kappa shape index (κ3) is 5.90. The number of nitrogens with one attached hydrogen (secondary N) is 1. The molecular weight excluding hydrogens is 454 g/mol. The number of carboxylic acid groups (broad SMARTS) is 1. The number of anilines is 1. The summed E-state index contributed by atoms with van der Waals surface area (Å²) in [6.45, 7) is 2.31. The molecule has 0 aliphatic heterocycles. The zero-order valence-electron chi connectivity index (χ0n) is 19.7. The van der Waals surface area contributed by atoms with E-state index in [2.05, 4.69) is 10.3 Å². The number of unbranched alkanes of at least 4 members (excludes halogenated alkanes) is 1. The van der Waals surface area contributed by atoms with Crippen LogP contribution in [0.5, 0.6) is 17.2 Å². The van der Waals surface area contributed by atoms with Crippen molar-refractivity contribution in [1.82, 2.24) is 10.3 Å². The van der Waals surface area contributed by atoms with E-state index >= 15 is 0 Å². The number of aryl methyl sites for hydroxylation is 1. The maximum atomic E-state index is 12.6. The van der Waals surface area contributed by atoms with Crippen LogP contribution in [0.25, 0.3) is 10.9 Å². The number of hydrogen-bond donors (Lipinski definition) is 4. The Bertz CT molecular complexity index is 1210. The second-order valence-electron chi connectivity index (χ2n) is 7.66. The second-order valence-corrected chi connectivity index (χ2v) is 7.66. The SMILES string of the molecule is COc1c(OCCO)cccc1C(=O)NCCCCOc1cccc2nc(C)c(C(=O)O)c(N)c12. The fourth-order valence-electron chi connectivity index (χ4n) is 3.71. The summed E-state index contributed by atoms with van der Waals surface area (Å²) < 4.78 is 16.6. The first-order valence-electron chi connectivity index (χ1n) is 11.1. The van der Waals surface area contributed by atoms with Gasteiger partial charge in [0, 0.05) is 6.54 Å². The van der Waals surface area contributed by atoms with Crippen molar-refractivity contribution in [1.29, 1.82) is 0 Å². The van der Waals surface area contributed by atoms with Crippen molar-refractivity contribution in [2.45, 2.75) is 19.8 Å². The van der Waals surface area contributed by atoms with Gasteiger partial charge in [0.15, 0.2) is 11.5 Å². The lowest BCUT2D eigenvalue weighted by Crippen LogP contribution is -2.25. The van der Waals surface area contributed by atoms with Crippen LogP contribution in [0.4, 0.5) is 5.69 Å². The standard InChI is InChI=1S/C25H29N3O7/c1-15-20(25(31)32)22(26)21-17(28-15)8-6-9-18(21)34-13-4-3-11-27-24(30)16-7-5-10-19(23(16)33-2)35-14-12-29/h5-10,29H,3-4,11-14H2,1-2H3,(H2,26,28)(H,27,30)(H,31,32). The zero-order valence-corrected chi connectivity index (χ0v) is 19.7.